The van der Waals surface area contributed by atoms with Crippen LogP contribution in [0.2, 0.25) is 0 Å². The number of carboxylic acids is 1. The molecule has 3 aliphatic heterocycles. The largest absolute Gasteiger partial charge is 0.480 e. The lowest BCUT2D eigenvalue weighted by molar-refractivity contribution is -0.154. The summed E-state index contributed by atoms with van der Waals surface area (Å²) >= 11 is 0. The van der Waals surface area contributed by atoms with Crippen LogP contribution in [0.4, 0.5) is 0 Å². The number of carboxylic acid groups (broad SMARTS) is 1. The molecule has 5 nitrogen and oxygen atoms in total. The Balaban J connectivity index is 1.72. The topological polar surface area (TPSA) is 66.8 Å². The molecule has 5 heteroatoms. The molecule has 0 aromatic rings. The maximum absolute atomic E-state index is 12.5. The summed E-state index contributed by atoms with van der Waals surface area (Å²) in [5.74, 6) is -0.954. The molecule has 4 atom stereocenters. The van der Waals surface area contributed by atoms with Crippen molar-refractivity contribution in [2.75, 3.05) is 6.54 Å². The number of amides is 1. The van der Waals surface area contributed by atoms with Gasteiger partial charge in [-0.3, -0.25) is 4.79 Å². The second-order valence-electron chi connectivity index (χ2n) is 5.60. The van der Waals surface area contributed by atoms with E-state index in [1.807, 2.05) is 0 Å². The average Bonchev–Trinajstić information content (AvgIpc) is 3.00. The van der Waals surface area contributed by atoms with Gasteiger partial charge in [0.2, 0.25) is 5.91 Å². The number of likely N-dealkylation sites (tertiary alicyclic amines) is 1. The molecule has 0 radical (unpaired) electrons. The van der Waals surface area contributed by atoms with E-state index in [9.17, 15) is 14.7 Å². The molecule has 3 aliphatic rings. The van der Waals surface area contributed by atoms with Crippen molar-refractivity contribution < 1.29 is 19.4 Å². The van der Waals surface area contributed by atoms with Crippen LogP contribution < -0.4 is 0 Å². The predicted molar refractivity (Wildman–Crippen MR) is 63.0 cm³/mol. The second-order valence-corrected chi connectivity index (χ2v) is 5.60. The lowest BCUT2D eigenvalue weighted by Crippen LogP contribution is -2.51. The Bertz CT molecular complexity index is 370. The molecule has 2 bridgehead atoms. The molecular formula is C13H19NO4. The first kappa shape index (κ1) is 12.0. The third-order valence-electron chi connectivity index (χ3n) is 4.49. The van der Waals surface area contributed by atoms with Crippen LogP contribution >= 0.6 is 0 Å². The first-order valence-corrected chi connectivity index (χ1v) is 6.85. The van der Waals surface area contributed by atoms with E-state index in [1.165, 1.54) is 0 Å². The molecule has 1 amide bonds. The van der Waals surface area contributed by atoms with E-state index >= 15 is 0 Å². The molecule has 0 aliphatic carbocycles. The van der Waals surface area contributed by atoms with E-state index in [2.05, 4.69) is 0 Å². The van der Waals surface area contributed by atoms with E-state index in [0.717, 1.165) is 32.1 Å². The van der Waals surface area contributed by atoms with Crippen LogP contribution in [-0.2, 0) is 14.3 Å². The summed E-state index contributed by atoms with van der Waals surface area (Å²) in [5.41, 5.74) is 0. The highest BCUT2D eigenvalue weighted by atomic mass is 16.5. The molecule has 3 heterocycles. The standard InChI is InChI=1S/C13H19NO4/c15-12(9-7-8-4-5-11(9)18-8)14-6-2-1-3-10(14)13(16)17/h8-11H,1-7H2,(H,16,17)/t8?,9?,10-,11?/m1/s1. The fourth-order valence-corrected chi connectivity index (χ4v) is 3.56. The van der Waals surface area contributed by atoms with Crippen molar-refractivity contribution in [1.82, 2.24) is 4.90 Å². The van der Waals surface area contributed by atoms with Gasteiger partial charge < -0.3 is 14.7 Å². The first-order valence-electron chi connectivity index (χ1n) is 6.85. The van der Waals surface area contributed by atoms with Crippen molar-refractivity contribution >= 4 is 11.9 Å². The third-order valence-corrected chi connectivity index (χ3v) is 4.49. The lowest BCUT2D eigenvalue weighted by atomic mass is 9.87. The Labute approximate surface area is 106 Å². The highest BCUT2D eigenvalue weighted by molar-refractivity contribution is 5.86. The molecule has 0 saturated carbocycles. The maximum atomic E-state index is 12.5. The van der Waals surface area contributed by atoms with Gasteiger partial charge in [-0.25, -0.2) is 4.79 Å². The quantitative estimate of drug-likeness (QED) is 0.798. The fraction of sp³-hybridized carbons (Fsp3) is 0.846. The van der Waals surface area contributed by atoms with E-state index < -0.39 is 12.0 Å². The minimum absolute atomic E-state index is 0.00861. The maximum Gasteiger partial charge on any atom is 0.326 e. The molecule has 3 saturated heterocycles. The van der Waals surface area contributed by atoms with Crippen molar-refractivity contribution in [1.29, 1.82) is 0 Å². The monoisotopic (exact) mass is 253 g/mol. The molecular weight excluding hydrogens is 234 g/mol. The van der Waals surface area contributed by atoms with Crippen LogP contribution in [0.15, 0.2) is 0 Å². The summed E-state index contributed by atoms with van der Waals surface area (Å²) in [6, 6.07) is -0.620. The zero-order chi connectivity index (χ0) is 12.7. The van der Waals surface area contributed by atoms with Crippen molar-refractivity contribution in [2.24, 2.45) is 5.92 Å². The van der Waals surface area contributed by atoms with Gasteiger partial charge in [0, 0.05) is 6.54 Å². The number of rotatable bonds is 2. The number of carbonyl (C=O) groups is 2. The van der Waals surface area contributed by atoms with Crippen LogP contribution in [0.3, 0.4) is 0 Å². The molecule has 0 aromatic heterocycles. The Hall–Kier alpha value is -1.10. The number of hydrogen-bond donors (Lipinski definition) is 1. The smallest absolute Gasteiger partial charge is 0.326 e. The van der Waals surface area contributed by atoms with Gasteiger partial charge in [-0.05, 0) is 38.5 Å². The normalized spacial score (nSPS) is 39.0. The zero-order valence-corrected chi connectivity index (χ0v) is 10.4. The summed E-state index contributed by atoms with van der Waals surface area (Å²) in [7, 11) is 0. The summed E-state index contributed by atoms with van der Waals surface area (Å²) in [5, 5.41) is 9.21. The van der Waals surface area contributed by atoms with Gasteiger partial charge in [-0.2, -0.15) is 0 Å². The molecule has 3 unspecified atom stereocenters. The Kier molecular flexibility index (Phi) is 3.01. The number of hydrogen-bond acceptors (Lipinski definition) is 3. The number of nitrogens with zero attached hydrogens (tertiary/aromatic N) is 1. The summed E-state index contributed by atoms with van der Waals surface area (Å²) < 4.78 is 5.70. The third kappa shape index (κ3) is 1.90. The zero-order valence-electron chi connectivity index (χ0n) is 10.4. The number of fused-ring (bicyclic) bond motifs is 2. The first-order chi connectivity index (χ1) is 8.66. The lowest BCUT2D eigenvalue weighted by Gasteiger charge is -2.35. The number of piperidine rings is 1. The SMILES string of the molecule is O=C(O)[C@H]1CCCCN1C(=O)C1CC2CCC1O2. The average molecular weight is 253 g/mol. The Morgan fingerprint density at radius 3 is 2.61 bits per heavy atom. The van der Waals surface area contributed by atoms with E-state index in [1.54, 1.807) is 4.90 Å². The van der Waals surface area contributed by atoms with E-state index in [-0.39, 0.29) is 24.0 Å². The molecule has 18 heavy (non-hydrogen) atoms. The van der Waals surface area contributed by atoms with Gasteiger partial charge in [0.15, 0.2) is 0 Å². The minimum Gasteiger partial charge on any atom is -0.480 e. The molecule has 1 N–H and O–H groups in total. The number of aliphatic carboxylic acids is 1. The predicted octanol–water partition coefficient (Wildman–Crippen LogP) is 1.02. The Morgan fingerprint density at radius 2 is 2.00 bits per heavy atom. The van der Waals surface area contributed by atoms with Gasteiger partial charge >= 0.3 is 5.97 Å². The van der Waals surface area contributed by atoms with Crippen LogP contribution in [0.1, 0.15) is 38.5 Å². The number of carbonyl (C=O) groups excluding carboxylic acids is 1. The van der Waals surface area contributed by atoms with Gasteiger partial charge in [-0.15, -0.1) is 0 Å². The van der Waals surface area contributed by atoms with Crippen molar-refractivity contribution in [3.8, 4) is 0 Å². The fourth-order valence-electron chi connectivity index (χ4n) is 3.56. The highest BCUT2D eigenvalue weighted by Crippen LogP contribution is 2.40. The van der Waals surface area contributed by atoms with Crippen LogP contribution in [-0.4, -0.2) is 46.7 Å². The van der Waals surface area contributed by atoms with Crippen molar-refractivity contribution in [2.45, 2.75) is 56.8 Å². The highest BCUT2D eigenvalue weighted by Gasteiger charge is 2.47. The number of ether oxygens (including phenoxy) is 1. The summed E-state index contributed by atoms with van der Waals surface area (Å²) in [6.45, 7) is 0.587. The summed E-state index contributed by atoms with van der Waals surface area (Å²) in [4.78, 5) is 25.3. The molecule has 100 valence electrons. The van der Waals surface area contributed by atoms with Crippen LogP contribution in [0, 0.1) is 5.92 Å². The van der Waals surface area contributed by atoms with Crippen LogP contribution in [0.5, 0.6) is 0 Å². The van der Waals surface area contributed by atoms with Gasteiger partial charge in [-0.1, -0.05) is 0 Å². The van der Waals surface area contributed by atoms with E-state index in [4.69, 9.17) is 4.74 Å². The Morgan fingerprint density at radius 1 is 1.17 bits per heavy atom. The molecule has 0 aromatic carbocycles. The van der Waals surface area contributed by atoms with E-state index in [0.29, 0.717) is 13.0 Å². The van der Waals surface area contributed by atoms with Gasteiger partial charge in [0.1, 0.15) is 6.04 Å². The van der Waals surface area contributed by atoms with Crippen LogP contribution in [0.25, 0.3) is 0 Å². The molecule has 0 spiro atoms. The van der Waals surface area contributed by atoms with Gasteiger partial charge in [0.25, 0.3) is 0 Å². The summed E-state index contributed by atoms with van der Waals surface area (Å²) in [6.07, 6.45) is 5.46. The van der Waals surface area contributed by atoms with Gasteiger partial charge in [0.05, 0.1) is 18.1 Å². The van der Waals surface area contributed by atoms with Crippen molar-refractivity contribution in [3.63, 3.8) is 0 Å². The minimum atomic E-state index is -0.868. The molecule has 3 rings (SSSR count). The second kappa shape index (κ2) is 4.53. The molecule has 3 fully saturated rings. The van der Waals surface area contributed by atoms with Crippen molar-refractivity contribution in [3.05, 3.63) is 0 Å².